The lowest BCUT2D eigenvalue weighted by Crippen LogP contribution is -2.29. The Bertz CT molecular complexity index is 873. The van der Waals surface area contributed by atoms with Crippen molar-refractivity contribution in [1.82, 2.24) is 5.43 Å². The molecular weight excluding hydrogens is 384 g/mol. The van der Waals surface area contributed by atoms with E-state index in [1.54, 1.807) is 63.2 Å². The number of carbonyl (C=O) groups excluding carboxylic acids is 2. The van der Waals surface area contributed by atoms with Gasteiger partial charge in [0, 0.05) is 5.02 Å². The van der Waals surface area contributed by atoms with Crippen LogP contribution in [0, 0.1) is 0 Å². The van der Waals surface area contributed by atoms with Gasteiger partial charge in [-0.05, 0) is 68.8 Å². The number of carbonyl (C=O) groups is 2. The summed E-state index contributed by atoms with van der Waals surface area (Å²) in [5.41, 5.74) is 2.64. The number of esters is 1. The minimum Gasteiger partial charge on any atom is -0.493 e. The van der Waals surface area contributed by atoms with Crippen LogP contribution in [0.3, 0.4) is 0 Å². The molecule has 1 amide bonds. The average molecular weight is 405 g/mol. The van der Waals surface area contributed by atoms with Crippen LogP contribution in [0.15, 0.2) is 47.6 Å². The van der Waals surface area contributed by atoms with Crippen molar-refractivity contribution in [3.63, 3.8) is 0 Å². The fourth-order valence-electron chi connectivity index (χ4n) is 2.05. The van der Waals surface area contributed by atoms with Gasteiger partial charge in [-0.1, -0.05) is 11.6 Å². The Labute approximate surface area is 168 Å². The van der Waals surface area contributed by atoms with E-state index in [0.717, 1.165) is 0 Å². The molecular formula is C20H21ClN2O5. The second kappa shape index (κ2) is 9.23. The van der Waals surface area contributed by atoms with Crippen molar-refractivity contribution in [1.29, 1.82) is 0 Å². The smallest absolute Gasteiger partial charge is 0.428 e. The lowest BCUT2D eigenvalue weighted by Gasteiger charge is -2.18. The predicted octanol–water partition coefficient (Wildman–Crippen LogP) is 4.43. The van der Waals surface area contributed by atoms with Crippen LogP contribution < -0.4 is 14.9 Å². The van der Waals surface area contributed by atoms with Crippen molar-refractivity contribution in [3.8, 4) is 11.5 Å². The lowest BCUT2D eigenvalue weighted by molar-refractivity contribution is 0.0529. The second-order valence-electron chi connectivity index (χ2n) is 6.68. The summed E-state index contributed by atoms with van der Waals surface area (Å²) in [6, 6.07) is 11.2. The number of methoxy groups -OCH3 is 1. The summed E-state index contributed by atoms with van der Waals surface area (Å²) in [5.74, 6) is 0.0474. The van der Waals surface area contributed by atoms with E-state index in [4.69, 9.17) is 25.8 Å². The molecule has 8 heteroatoms. The van der Waals surface area contributed by atoms with Gasteiger partial charge in [0.05, 0.1) is 18.9 Å². The largest absolute Gasteiger partial charge is 0.493 e. The lowest BCUT2D eigenvalue weighted by atomic mass is 10.2. The molecule has 0 aliphatic carbocycles. The van der Waals surface area contributed by atoms with Crippen molar-refractivity contribution in [2.45, 2.75) is 26.4 Å². The normalized spacial score (nSPS) is 11.2. The summed E-state index contributed by atoms with van der Waals surface area (Å²) in [4.78, 5) is 23.8. The second-order valence-corrected chi connectivity index (χ2v) is 7.12. The molecule has 0 saturated carbocycles. The van der Waals surface area contributed by atoms with E-state index in [9.17, 15) is 9.59 Å². The first kappa shape index (κ1) is 21.2. The Hall–Kier alpha value is -3.06. The summed E-state index contributed by atoms with van der Waals surface area (Å²) in [6.45, 7) is 5.27. The molecule has 1 N–H and O–H groups in total. The molecule has 0 fully saturated rings. The Morgan fingerprint density at radius 1 is 1.07 bits per heavy atom. The van der Waals surface area contributed by atoms with E-state index in [1.807, 2.05) is 0 Å². The molecule has 2 rings (SSSR count). The Morgan fingerprint density at radius 3 is 2.36 bits per heavy atom. The van der Waals surface area contributed by atoms with Crippen LogP contribution in [0.1, 0.15) is 36.7 Å². The Balaban J connectivity index is 2.05. The number of halogens is 1. The summed E-state index contributed by atoms with van der Waals surface area (Å²) >= 11 is 5.82. The maximum absolute atomic E-state index is 12.2. The number of hydrazone groups is 1. The summed E-state index contributed by atoms with van der Waals surface area (Å²) < 4.78 is 15.7. The van der Waals surface area contributed by atoms with Gasteiger partial charge in [0.2, 0.25) is 0 Å². The number of rotatable bonds is 5. The van der Waals surface area contributed by atoms with Gasteiger partial charge >= 0.3 is 12.1 Å². The molecule has 0 unspecified atom stereocenters. The monoisotopic (exact) mass is 404 g/mol. The molecule has 2 aromatic rings. The topological polar surface area (TPSA) is 86.2 Å². The molecule has 148 valence electrons. The van der Waals surface area contributed by atoms with E-state index in [1.165, 1.54) is 13.3 Å². The number of nitrogens with zero attached hydrogens (tertiary/aromatic N) is 1. The maximum Gasteiger partial charge on any atom is 0.428 e. The number of nitrogens with one attached hydrogen (secondary N) is 1. The maximum atomic E-state index is 12.2. The number of hydrogen-bond donors (Lipinski definition) is 1. The summed E-state index contributed by atoms with van der Waals surface area (Å²) in [5, 5.41) is 4.35. The van der Waals surface area contributed by atoms with Crippen LogP contribution in [0.5, 0.6) is 11.5 Å². The molecule has 0 aromatic heterocycles. The predicted molar refractivity (Wildman–Crippen MR) is 106 cm³/mol. The number of amides is 1. The average Bonchev–Trinajstić information content (AvgIpc) is 2.61. The van der Waals surface area contributed by atoms with Gasteiger partial charge in [0.25, 0.3) is 0 Å². The van der Waals surface area contributed by atoms with Gasteiger partial charge in [-0.15, -0.1) is 0 Å². The molecule has 0 radical (unpaired) electrons. The minimum atomic E-state index is -0.663. The SMILES string of the molecule is COc1cc(/C=N\NC(=O)OC(C)(C)C)ccc1OC(=O)c1ccc(Cl)cc1. The van der Waals surface area contributed by atoms with Crippen LogP contribution in [-0.4, -0.2) is 31.0 Å². The zero-order valence-corrected chi connectivity index (χ0v) is 16.7. The fourth-order valence-corrected chi connectivity index (χ4v) is 2.18. The number of ether oxygens (including phenoxy) is 3. The third-order valence-electron chi connectivity index (χ3n) is 3.24. The highest BCUT2D eigenvalue weighted by Crippen LogP contribution is 2.28. The molecule has 7 nitrogen and oxygen atoms in total. The molecule has 0 heterocycles. The van der Waals surface area contributed by atoms with E-state index in [0.29, 0.717) is 21.9 Å². The van der Waals surface area contributed by atoms with Gasteiger partial charge < -0.3 is 14.2 Å². The number of benzene rings is 2. The molecule has 0 aliphatic rings. The first-order valence-electron chi connectivity index (χ1n) is 8.36. The molecule has 28 heavy (non-hydrogen) atoms. The third kappa shape index (κ3) is 6.59. The molecule has 0 bridgehead atoms. The van der Waals surface area contributed by atoms with Crippen molar-refractivity contribution >= 4 is 29.9 Å². The Kier molecular flexibility index (Phi) is 7.00. The zero-order valence-electron chi connectivity index (χ0n) is 16.0. The van der Waals surface area contributed by atoms with E-state index in [2.05, 4.69) is 10.5 Å². The van der Waals surface area contributed by atoms with Crippen molar-refractivity contribution < 1.29 is 23.8 Å². The zero-order chi connectivity index (χ0) is 20.7. The van der Waals surface area contributed by atoms with Gasteiger partial charge in [0.1, 0.15) is 5.60 Å². The van der Waals surface area contributed by atoms with Crippen LogP contribution >= 0.6 is 11.6 Å². The van der Waals surface area contributed by atoms with Crippen LogP contribution in [0.2, 0.25) is 5.02 Å². The fraction of sp³-hybridized carbons (Fsp3) is 0.250. The van der Waals surface area contributed by atoms with Crippen LogP contribution in [-0.2, 0) is 4.74 Å². The quantitative estimate of drug-likeness (QED) is 0.345. The highest BCUT2D eigenvalue weighted by Gasteiger charge is 2.15. The summed E-state index contributed by atoms with van der Waals surface area (Å²) in [7, 11) is 1.45. The van der Waals surface area contributed by atoms with Crippen molar-refractivity contribution in [2.24, 2.45) is 5.10 Å². The van der Waals surface area contributed by atoms with Crippen LogP contribution in [0.4, 0.5) is 4.79 Å². The van der Waals surface area contributed by atoms with E-state index < -0.39 is 17.7 Å². The standard InChI is InChI=1S/C20H21ClN2O5/c1-20(2,3)28-19(25)23-22-12-13-5-10-16(17(11-13)26-4)27-18(24)14-6-8-15(21)9-7-14/h5-12H,1-4H3,(H,23,25)/b22-12-. The highest BCUT2D eigenvalue weighted by molar-refractivity contribution is 6.30. The molecule has 0 saturated heterocycles. The third-order valence-corrected chi connectivity index (χ3v) is 3.49. The minimum absolute atomic E-state index is 0.250. The number of hydrogen-bond acceptors (Lipinski definition) is 6. The Morgan fingerprint density at radius 2 is 1.75 bits per heavy atom. The van der Waals surface area contributed by atoms with Gasteiger partial charge in [0.15, 0.2) is 11.5 Å². The van der Waals surface area contributed by atoms with Gasteiger partial charge in [-0.25, -0.2) is 15.0 Å². The molecule has 0 aliphatic heterocycles. The summed E-state index contributed by atoms with van der Waals surface area (Å²) in [6.07, 6.45) is 0.751. The molecule has 0 spiro atoms. The molecule has 0 atom stereocenters. The van der Waals surface area contributed by atoms with E-state index in [-0.39, 0.29) is 5.75 Å². The van der Waals surface area contributed by atoms with Gasteiger partial charge in [-0.3, -0.25) is 0 Å². The first-order valence-corrected chi connectivity index (χ1v) is 8.73. The van der Waals surface area contributed by atoms with Crippen molar-refractivity contribution in [3.05, 3.63) is 58.6 Å². The highest BCUT2D eigenvalue weighted by atomic mass is 35.5. The van der Waals surface area contributed by atoms with E-state index >= 15 is 0 Å². The first-order chi connectivity index (χ1) is 13.2. The van der Waals surface area contributed by atoms with Crippen LogP contribution in [0.25, 0.3) is 0 Å². The molecule has 2 aromatic carbocycles. The van der Waals surface area contributed by atoms with Gasteiger partial charge in [-0.2, -0.15) is 5.10 Å². The van der Waals surface area contributed by atoms with Crippen molar-refractivity contribution in [2.75, 3.05) is 7.11 Å².